The first-order valence-electron chi connectivity index (χ1n) is 4.81. The summed E-state index contributed by atoms with van der Waals surface area (Å²) in [5, 5.41) is 0.517. The summed E-state index contributed by atoms with van der Waals surface area (Å²) in [5.74, 6) is 0.821. The molecular formula is C12H11NO2S. The predicted molar refractivity (Wildman–Crippen MR) is 64.2 cm³/mol. The SMILES string of the molecule is COc1ccc(-c2sc(C=O)nc2C)cc1. The monoisotopic (exact) mass is 233 g/mol. The van der Waals surface area contributed by atoms with Crippen molar-refractivity contribution in [2.45, 2.75) is 6.92 Å². The van der Waals surface area contributed by atoms with Gasteiger partial charge in [-0.25, -0.2) is 4.98 Å². The minimum atomic E-state index is 0.517. The van der Waals surface area contributed by atoms with E-state index in [4.69, 9.17) is 4.74 Å². The first-order chi connectivity index (χ1) is 7.74. The van der Waals surface area contributed by atoms with E-state index < -0.39 is 0 Å². The van der Waals surface area contributed by atoms with Crippen LogP contribution in [0, 0.1) is 6.92 Å². The number of hydrogen-bond acceptors (Lipinski definition) is 4. The molecule has 82 valence electrons. The number of methoxy groups -OCH3 is 1. The maximum atomic E-state index is 10.6. The van der Waals surface area contributed by atoms with Gasteiger partial charge in [-0.3, -0.25) is 4.79 Å². The van der Waals surface area contributed by atoms with Crippen LogP contribution < -0.4 is 4.74 Å². The van der Waals surface area contributed by atoms with E-state index >= 15 is 0 Å². The van der Waals surface area contributed by atoms with Gasteiger partial charge in [0.2, 0.25) is 0 Å². The molecule has 2 rings (SSSR count). The summed E-state index contributed by atoms with van der Waals surface area (Å²) < 4.78 is 5.09. The molecule has 0 saturated heterocycles. The zero-order chi connectivity index (χ0) is 11.5. The fourth-order valence-electron chi connectivity index (χ4n) is 1.48. The number of hydrogen-bond donors (Lipinski definition) is 0. The Morgan fingerprint density at radius 1 is 1.31 bits per heavy atom. The van der Waals surface area contributed by atoms with Crippen LogP contribution in [0.15, 0.2) is 24.3 Å². The van der Waals surface area contributed by atoms with Crippen LogP contribution in [-0.2, 0) is 0 Å². The molecule has 16 heavy (non-hydrogen) atoms. The lowest BCUT2D eigenvalue weighted by Gasteiger charge is -2.01. The second-order valence-electron chi connectivity index (χ2n) is 3.31. The Morgan fingerprint density at radius 3 is 2.50 bits per heavy atom. The van der Waals surface area contributed by atoms with Gasteiger partial charge in [0.1, 0.15) is 5.75 Å². The molecule has 3 nitrogen and oxygen atoms in total. The van der Waals surface area contributed by atoms with Crippen LogP contribution in [0.4, 0.5) is 0 Å². The summed E-state index contributed by atoms with van der Waals surface area (Å²) in [6, 6.07) is 7.73. The lowest BCUT2D eigenvalue weighted by molar-refractivity contribution is 0.112. The number of carbonyl (C=O) groups is 1. The van der Waals surface area contributed by atoms with Gasteiger partial charge in [0.05, 0.1) is 17.7 Å². The van der Waals surface area contributed by atoms with Crippen LogP contribution in [-0.4, -0.2) is 18.4 Å². The van der Waals surface area contributed by atoms with Crippen molar-refractivity contribution in [2.24, 2.45) is 0 Å². The van der Waals surface area contributed by atoms with Crippen molar-refractivity contribution in [1.82, 2.24) is 4.98 Å². The number of aryl methyl sites for hydroxylation is 1. The van der Waals surface area contributed by atoms with Crippen LogP contribution in [0.3, 0.4) is 0 Å². The van der Waals surface area contributed by atoms with Gasteiger partial charge < -0.3 is 4.74 Å². The largest absolute Gasteiger partial charge is 0.497 e. The molecule has 1 aromatic heterocycles. The van der Waals surface area contributed by atoms with Crippen LogP contribution in [0.5, 0.6) is 5.75 Å². The average molecular weight is 233 g/mol. The van der Waals surface area contributed by atoms with Crippen molar-refractivity contribution < 1.29 is 9.53 Å². The fraction of sp³-hybridized carbons (Fsp3) is 0.167. The molecule has 0 bridgehead atoms. The molecule has 1 heterocycles. The van der Waals surface area contributed by atoms with Crippen LogP contribution in [0.1, 0.15) is 15.5 Å². The van der Waals surface area contributed by atoms with Crippen molar-refractivity contribution in [3.63, 3.8) is 0 Å². The highest BCUT2D eigenvalue weighted by molar-refractivity contribution is 7.16. The summed E-state index contributed by atoms with van der Waals surface area (Å²) in [5.41, 5.74) is 1.95. The summed E-state index contributed by atoms with van der Waals surface area (Å²) >= 11 is 1.41. The van der Waals surface area contributed by atoms with E-state index in [1.807, 2.05) is 31.2 Å². The van der Waals surface area contributed by atoms with Crippen molar-refractivity contribution in [1.29, 1.82) is 0 Å². The first-order valence-corrected chi connectivity index (χ1v) is 5.63. The molecule has 0 amide bonds. The van der Waals surface area contributed by atoms with Gasteiger partial charge in [-0.1, -0.05) is 0 Å². The van der Waals surface area contributed by atoms with E-state index in [1.54, 1.807) is 7.11 Å². The average Bonchev–Trinajstić information content (AvgIpc) is 2.71. The van der Waals surface area contributed by atoms with Gasteiger partial charge in [-0.2, -0.15) is 0 Å². The van der Waals surface area contributed by atoms with Crippen molar-refractivity contribution in [3.8, 4) is 16.2 Å². The maximum absolute atomic E-state index is 10.6. The molecule has 0 atom stereocenters. The third-order valence-corrected chi connectivity index (χ3v) is 3.40. The highest BCUT2D eigenvalue weighted by Gasteiger charge is 2.08. The summed E-state index contributed by atoms with van der Waals surface area (Å²) in [6.45, 7) is 1.91. The number of carbonyl (C=O) groups excluding carboxylic acids is 1. The Kier molecular flexibility index (Phi) is 3.01. The Morgan fingerprint density at radius 2 is 2.00 bits per heavy atom. The molecule has 0 saturated carbocycles. The Labute approximate surface area is 97.7 Å². The molecule has 1 aromatic carbocycles. The molecule has 0 N–H and O–H groups in total. The molecule has 0 aliphatic heterocycles. The standard InChI is InChI=1S/C12H11NO2S/c1-8-12(16-11(7-14)13-8)9-3-5-10(15-2)6-4-9/h3-7H,1-2H3. The molecule has 0 spiro atoms. The zero-order valence-corrected chi connectivity index (χ0v) is 9.88. The van der Waals surface area contributed by atoms with E-state index in [9.17, 15) is 4.79 Å². The summed E-state index contributed by atoms with van der Waals surface area (Å²) in [4.78, 5) is 15.8. The Bertz CT molecular complexity index is 502. The fourth-order valence-corrected chi connectivity index (χ4v) is 2.37. The zero-order valence-electron chi connectivity index (χ0n) is 9.06. The topological polar surface area (TPSA) is 39.2 Å². The number of aromatic nitrogens is 1. The maximum Gasteiger partial charge on any atom is 0.178 e. The summed E-state index contributed by atoms with van der Waals surface area (Å²) in [7, 11) is 1.64. The van der Waals surface area contributed by atoms with E-state index in [0.717, 1.165) is 28.2 Å². The van der Waals surface area contributed by atoms with Gasteiger partial charge in [-0.05, 0) is 36.8 Å². The highest BCUT2D eigenvalue weighted by atomic mass is 32.1. The van der Waals surface area contributed by atoms with E-state index in [-0.39, 0.29) is 0 Å². The minimum Gasteiger partial charge on any atom is -0.497 e. The van der Waals surface area contributed by atoms with Gasteiger partial charge in [0.15, 0.2) is 11.3 Å². The second-order valence-corrected chi connectivity index (χ2v) is 4.34. The molecule has 4 heteroatoms. The predicted octanol–water partition coefficient (Wildman–Crippen LogP) is 2.94. The quantitative estimate of drug-likeness (QED) is 0.765. The number of rotatable bonds is 3. The van der Waals surface area contributed by atoms with E-state index in [2.05, 4.69) is 4.98 Å². The number of thiazole rings is 1. The molecule has 0 aliphatic rings. The third-order valence-electron chi connectivity index (χ3n) is 2.27. The normalized spacial score (nSPS) is 10.1. The lowest BCUT2D eigenvalue weighted by atomic mass is 10.1. The molecular weight excluding hydrogens is 222 g/mol. The van der Waals surface area contributed by atoms with Crippen molar-refractivity contribution in [3.05, 3.63) is 35.0 Å². The van der Waals surface area contributed by atoms with Crippen molar-refractivity contribution >= 4 is 17.6 Å². The van der Waals surface area contributed by atoms with Gasteiger partial charge >= 0.3 is 0 Å². The first kappa shape index (κ1) is 10.8. The second kappa shape index (κ2) is 4.45. The van der Waals surface area contributed by atoms with E-state index in [1.165, 1.54) is 11.3 Å². The number of benzene rings is 1. The lowest BCUT2D eigenvalue weighted by Crippen LogP contribution is -1.82. The molecule has 0 unspecified atom stereocenters. The minimum absolute atomic E-state index is 0.517. The highest BCUT2D eigenvalue weighted by Crippen LogP contribution is 2.30. The molecule has 0 radical (unpaired) electrons. The van der Waals surface area contributed by atoms with Gasteiger partial charge in [0.25, 0.3) is 0 Å². The summed E-state index contributed by atoms with van der Waals surface area (Å²) in [6.07, 6.45) is 0.782. The van der Waals surface area contributed by atoms with Crippen molar-refractivity contribution in [2.75, 3.05) is 7.11 Å². The van der Waals surface area contributed by atoms with Crippen LogP contribution in [0.2, 0.25) is 0 Å². The van der Waals surface area contributed by atoms with Crippen LogP contribution in [0.25, 0.3) is 10.4 Å². The van der Waals surface area contributed by atoms with E-state index in [0.29, 0.717) is 5.01 Å². The number of aldehydes is 1. The molecule has 0 aliphatic carbocycles. The Balaban J connectivity index is 2.41. The number of nitrogens with zero attached hydrogens (tertiary/aromatic N) is 1. The Hall–Kier alpha value is -1.68. The van der Waals surface area contributed by atoms with Gasteiger partial charge in [-0.15, -0.1) is 11.3 Å². The van der Waals surface area contributed by atoms with Gasteiger partial charge in [0, 0.05) is 0 Å². The molecule has 0 fully saturated rings. The van der Waals surface area contributed by atoms with Crippen LogP contribution >= 0.6 is 11.3 Å². The third kappa shape index (κ3) is 1.97. The smallest absolute Gasteiger partial charge is 0.178 e. The molecule has 2 aromatic rings. The number of ether oxygens (including phenoxy) is 1.